The van der Waals surface area contributed by atoms with Crippen LogP contribution >= 0.6 is 0 Å². The van der Waals surface area contributed by atoms with E-state index in [1.165, 1.54) is 0 Å². The molecule has 0 bridgehead atoms. The third-order valence-corrected chi connectivity index (χ3v) is 6.46. The Morgan fingerprint density at radius 1 is 0.923 bits per heavy atom. The molecule has 3 amide bonds. The predicted octanol–water partition coefficient (Wildman–Crippen LogP) is 6.02. The average molecular weight is 538 g/mol. The number of carbonyl (C=O) groups is 3. The average Bonchev–Trinajstić information content (AvgIpc) is 2.81. The molecule has 2 aromatic carbocycles. The number of hydrogen-bond acceptors (Lipinski definition) is 4. The maximum absolute atomic E-state index is 14.5. The molecule has 0 aliphatic rings. The third kappa shape index (κ3) is 9.72. The number of hydrogen-bond donors (Lipinski definition) is 2. The van der Waals surface area contributed by atoms with Crippen molar-refractivity contribution in [1.82, 2.24) is 15.5 Å². The summed E-state index contributed by atoms with van der Waals surface area (Å²) >= 11 is 0. The largest absolute Gasteiger partial charge is 0.444 e. The number of carbonyl (C=O) groups excluding carboxylic acids is 3. The van der Waals surface area contributed by atoms with Gasteiger partial charge in [-0.15, -0.1) is 0 Å². The Labute approximate surface area is 234 Å². The summed E-state index contributed by atoms with van der Waals surface area (Å²) < 4.78 is 5.51. The zero-order chi connectivity index (χ0) is 29.5. The first kappa shape index (κ1) is 31.9. The summed E-state index contributed by atoms with van der Waals surface area (Å²) in [6.45, 7) is 19.0. The molecular formula is C32H47N3O4. The van der Waals surface area contributed by atoms with Crippen LogP contribution in [0.3, 0.4) is 0 Å². The first-order valence-electron chi connectivity index (χ1n) is 13.8. The summed E-state index contributed by atoms with van der Waals surface area (Å²) in [6.07, 6.45) is 0.204. The highest BCUT2D eigenvalue weighted by atomic mass is 16.6. The van der Waals surface area contributed by atoms with Gasteiger partial charge >= 0.3 is 6.09 Å². The molecule has 0 heterocycles. The summed E-state index contributed by atoms with van der Waals surface area (Å²) in [5.74, 6) is -0.610. The SMILES string of the molecule is CCC(C)N(C(=O)C(Cc1ccccc1)NC(=O)OC(C)(C)C)C(C(=O)NC(C)(C)C)c1ccc(C)c(C)c1. The van der Waals surface area contributed by atoms with Crippen LogP contribution < -0.4 is 10.6 Å². The lowest BCUT2D eigenvalue weighted by molar-refractivity contribution is -0.145. The number of rotatable bonds is 9. The van der Waals surface area contributed by atoms with Gasteiger partial charge in [0.1, 0.15) is 17.7 Å². The molecule has 7 heteroatoms. The monoisotopic (exact) mass is 537 g/mol. The van der Waals surface area contributed by atoms with E-state index in [1.54, 1.807) is 25.7 Å². The number of alkyl carbamates (subject to hydrolysis) is 1. The van der Waals surface area contributed by atoms with Crippen molar-refractivity contribution < 1.29 is 19.1 Å². The first-order chi connectivity index (χ1) is 18.0. The summed E-state index contributed by atoms with van der Waals surface area (Å²) in [5, 5.41) is 5.89. The van der Waals surface area contributed by atoms with Crippen LogP contribution in [0.5, 0.6) is 0 Å². The maximum Gasteiger partial charge on any atom is 0.408 e. The van der Waals surface area contributed by atoms with Crippen LogP contribution in [-0.2, 0) is 20.7 Å². The van der Waals surface area contributed by atoms with Gasteiger partial charge < -0.3 is 20.3 Å². The Morgan fingerprint density at radius 2 is 1.54 bits per heavy atom. The second kappa shape index (κ2) is 13.1. The Bertz CT molecular complexity index is 1130. The van der Waals surface area contributed by atoms with Crippen molar-refractivity contribution in [2.24, 2.45) is 0 Å². The van der Waals surface area contributed by atoms with Crippen LogP contribution in [0.15, 0.2) is 48.5 Å². The number of nitrogens with zero attached hydrogens (tertiary/aromatic N) is 1. The third-order valence-electron chi connectivity index (χ3n) is 6.46. The van der Waals surface area contributed by atoms with E-state index < -0.39 is 29.3 Å². The van der Waals surface area contributed by atoms with Crippen LogP contribution in [0.1, 0.15) is 90.1 Å². The van der Waals surface area contributed by atoms with Crippen LogP contribution in [0, 0.1) is 13.8 Å². The van der Waals surface area contributed by atoms with E-state index in [2.05, 4.69) is 10.6 Å². The molecule has 7 nitrogen and oxygen atoms in total. The fourth-order valence-corrected chi connectivity index (χ4v) is 4.29. The zero-order valence-corrected chi connectivity index (χ0v) is 25.3. The van der Waals surface area contributed by atoms with Gasteiger partial charge in [0.05, 0.1) is 0 Å². The van der Waals surface area contributed by atoms with Crippen molar-refractivity contribution in [2.75, 3.05) is 0 Å². The quantitative estimate of drug-likeness (QED) is 0.409. The van der Waals surface area contributed by atoms with E-state index >= 15 is 0 Å². The maximum atomic E-state index is 14.5. The fraction of sp³-hybridized carbons (Fsp3) is 0.531. The summed E-state index contributed by atoms with van der Waals surface area (Å²) in [7, 11) is 0. The normalized spacial score (nSPS) is 14.1. The lowest BCUT2D eigenvalue weighted by atomic mass is 9.95. The minimum atomic E-state index is -0.937. The standard InChI is InChI=1S/C32H47N3O4/c1-11-23(4)35(27(28(36)34-31(5,6)7)25-18-17-21(2)22(3)19-25)29(37)26(20-24-15-13-12-14-16-24)33-30(38)39-32(8,9)10/h12-19,23,26-27H,11,20H2,1-10H3,(H,33,38)(H,34,36). The van der Waals surface area contributed by atoms with Gasteiger partial charge in [-0.05, 0) is 91.0 Å². The highest BCUT2D eigenvalue weighted by Gasteiger charge is 2.39. The van der Waals surface area contributed by atoms with Crippen LogP contribution in [0.25, 0.3) is 0 Å². The van der Waals surface area contributed by atoms with Crippen molar-refractivity contribution in [3.63, 3.8) is 0 Å². The topological polar surface area (TPSA) is 87.7 Å². The second-order valence-corrected chi connectivity index (χ2v) is 12.4. The number of ether oxygens (including phenoxy) is 1. The molecule has 3 unspecified atom stereocenters. The van der Waals surface area contributed by atoms with Crippen LogP contribution in [-0.4, -0.2) is 46.0 Å². The van der Waals surface area contributed by atoms with E-state index in [0.717, 1.165) is 22.3 Å². The molecule has 0 aliphatic heterocycles. The van der Waals surface area contributed by atoms with Gasteiger partial charge in [0, 0.05) is 18.0 Å². The molecule has 2 N–H and O–H groups in total. The highest BCUT2D eigenvalue weighted by Crippen LogP contribution is 2.29. The Hall–Kier alpha value is -3.35. The lowest BCUT2D eigenvalue weighted by Crippen LogP contribution is -2.57. The van der Waals surface area contributed by atoms with Crippen molar-refractivity contribution >= 4 is 17.9 Å². The molecule has 39 heavy (non-hydrogen) atoms. The van der Waals surface area contributed by atoms with Gasteiger partial charge in [0.15, 0.2) is 0 Å². The van der Waals surface area contributed by atoms with E-state index in [-0.39, 0.29) is 24.3 Å². The molecule has 0 aliphatic carbocycles. The van der Waals surface area contributed by atoms with Gasteiger partial charge in [-0.3, -0.25) is 9.59 Å². The number of nitrogens with one attached hydrogen (secondary N) is 2. The van der Waals surface area contributed by atoms with Gasteiger partial charge in [-0.25, -0.2) is 4.79 Å². The molecule has 0 saturated heterocycles. The van der Waals surface area contributed by atoms with E-state index in [1.807, 2.05) is 97.0 Å². The Balaban J connectivity index is 2.63. The van der Waals surface area contributed by atoms with Gasteiger partial charge in [-0.1, -0.05) is 55.5 Å². The molecule has 2 rings (SSSR count). The smallest absolute Gasteiger partial charge is 0.408 e. The minimum Gasteiger partial charge on any atom is -0.444 e. The second-order valence-electron chi connectivity index (χ2n) is 12.4. The molecular weight excluding hydrogens is 490 g/mol. The molecule has 2 aromatic rings. The summed E-state index contributed by atoms with van der Waals surface area (Å²) in [4.78, 5) is 42.9. The molecule has 214 valence electrons. The first-order valence-corrected chi connectivity index (χ1v) is 13.8. The molecule has 0 aromatic heterocycles. The van der Waals surface area contributed by atoms with Gasteiger partial charge in [-0.2, -0.15) is 0 Å². The van der Waals surface area contributed by atoms with Gasteiger partial charge in [0.25, 0.3) is 0 Å². The van der Waals surface area contributed by atoms with Crippen LogP contribution in [0.4, 0.5) is 4.79 Å². The lowest BCUT2D eigenvalue weighted by Gasteiger charge is -2.39. The minimum absolute atomic E-state index is 0.256. The van der Waals surface area contributed by atoms with Gasteiger partial charge in [0.2, 0.25) is 11.8 Å². The van der Waals surface area contributed by atoms with Crippen molar-refractivity contribution in [3.05, 3.63) is 70.8 Å². The Morgan fingerprint density at radius 3 is 2.05 bits per heavy atom. The zero-order valence-electron chi connectivity index (χ0n) is 25.3. The summed E-state index contributed by atoms with van der Waals surface area (Å²) in [6, 6.07) is 13.3. The van der Waals surface area contributed by atoms with Crippen LogP contribution in [0.2, 0.25) is 0 Å². The van der Waals surface area contributed by atoms with Crippen molar-refractivity contribution in [3.8, 4) is 0 Å². The number of amides is 3. The number of aryl methyl sites for hydroxylation is 2. The molecule has 3 atom stereocenters. The predicted molar refractivity (Wildman–Crippen MR) is 156 cm³/mol. The fourth-order valence-electron chi connectivity index (χ4n) is 4.29. The van der Waals surface area contributed by atoms with Crippen molar-refractivity contribution in [2.45, 2.75) is 111 Å². The summed E-state index contributed by atoms with van der Waals surface area (Å²) in [5.41, 5.74) is 2.52. The van der Waals surface area contributed by atoms with E-state index in [4.69, 9.17) is 4.74 Å². The molecule has 0 fully saturated rings. The molecule has 0 radical (unpaired) electrons. The molecule has 0 saturated carbocycles. The Kier molecular flexibility index (Phi) is 10.7. The highest BCUT2D eigenvalue weighted by molar-refractivity contribution is 5.92. The molecule has 0 spiro atoms. The number of benzene rings is 2. The van der Waals surface area contributed by atoms with E-state index in [0.29, 0.717) is 6.42 Å². The van der Waals surface area contributed by atoms with E-state index in [9.17, 15) is 14.4 Å². The van der Waals surface area contributed by atoms with Crippen molar-refractivity contribution in [1.29, 1.82) is 0 Å².